The maximum atomic E-state index is 5.99. The Kier molecular flexibility index (Phi) is 4.80. The number of hydrogen-bond donors (Lipinski definition) is 2. The topological polar surface area (TPSA) is 90.9 Å². The number of hydrogen-bond acceptors (Lipinski definition) is 6. The summed E-state index contributed by atoms with van der Waals surface area (Å²) in [4.78, 5) is 8.77. The number of rotatable bonds is 6. The van der Waals surface area contributed by atoms with Gasteiger partial charge in [-0.3, -0.25) is 4.68 Å². The van der Waals surface area contributed by atoms with E-state index in [1.54, 1.807) is 10.9 Å². The highest BCUT2D eigenvalue weighted by molar-refractivity contribution is 5.86. The van der Waals surface area contributed by atoms with Gasteiger partial charge in [0.05, 0.1) is 11.6 Å². The number of nitrogens with zero attached hydrogens (tertiary/aromatic N) is 4. The number of ether oxygens (including phenoxy) is 1. The van der Waals surface area contributed by atoms with E-state index in [1.165, 1.54) is 5.56 Å². The standard InChI is InChI=1S/C21H22N6O/c1-14-4-3-5-16(10-14)13-28-17-8-6-15(7-9-17)11-23-21-25-19(22)18-12-24-27(2)20(18)26-21/h3-10,12H,11,13H2,1-2H3,(H3,22,23,25,26). The fourth-order valence-electron chi connectivity index (χ4n) is 2.98. The van der Waals surface area contributed by atoms with Gasteiger partial charge in [-0.05, 0) is 30.2 Å². The molecule has 4 rings (SSSR count). The molecule has 3 N–H and O–H groups in total. The number of nitrogen functional groups attached to an aromatic ring is 1. The summed E-state index contributed by atoms with van der Waals surface area (Å²) in [5, 5.41) is 8.13. The highest BCUT2D eigenvalue weighted by Gasteiger charge is 2.09. The van der Waals surface area contributed by atoms with E-state index in [0.717, 1.165) is 22.3 Å². The summed E-state index contributed by atoms with van der Waals surface area (Å²) in [6, 6.07) is 16.3. The minimum absolute atomic E-state index is 0.417. The number of fused-ring (bicyclic) bond motifs is 1. The summed E-state index contributed by atoms with van der Waals surface area (Å²) in [6.07, 6.45) is 1.67. The van der Waals surface area contributed by atoms with Crippen molar-refractivity contribution in [2.75, 3.05) is 11.1 Å². The van der Waals surface area contributed by atoms with Crippen LogP contribution in [-0.2, 0) is 20.2 Å². The summed E-state index contributed by atoms with van der Waals surface area (Å²) in [6.45, 7) is 3.22. The maximum Gasteiger partial charge on any atom is 0.226 e. The molecule has 4 aromatic rings. The van der Waals surface area contributed by atoms with Crippen molar-refractivity contribution in [3.63, 3.8) is 0 Å². The Hall–Kier alpha value is -3.61. The predicted octanol–water partition coefficient (Wildman–Crippen LogP) is 3.45. The highest BCUT2D eigenvalue weighted by atomic mass is 16.5. The van der Waals surface area contributed by atoms with Gasteiger partial charge in [0.25, 0.3) is 0 Å². The van der Waals surface area contributed by atoms with Crippen LogP contribution >= 0.6 is 0 Å². The first-order valence-electron chi connectivity index (χ1n) is 9.05. The molecule has 28 heavy (non-hydrogen) atoms. The van der Waals surface area contributed by atoms with Gasteiger partial charge < -0.3 is 15.8 Å². The van der Waals surface area contributed by atoms with Gasteiger partial charge in [-0.1, -0.05) is 42.0 Å². The zero-order valence-electron chi connectivity index (χ0n) is 15.9. The van der Waals surface area contributed by atoms with E-state index in [2.05, 4.69) is 45.5 Å². The SMILES string of the molecule is Cc1cccc(COc2ccc(CNc3nc(N)c4cnn(C)c4n3)cc2)c1. The number of aryl methyl sites for hydroxylation is 2. The molecule has 142 valence electrons. The third-order valence-corrected chi connectivity index (χ3v) is 4.48. The second-order valence-corrected chi connectivity index (χ2v) is 6.71. The zero-order valence-corrected chi connectivity index (χ0v) is 15.9. The second-order valence-electron chi connectivity index (χ2n) is 6.71. The Bertz CT molecular complexity index is 1100. The fourth-order valence-corrected chi connectivity index (χ4v) is 2.98. The van der Waals surface area contributed by atoms with E-state index < -0.39 is 0 Å². The third-order valence-electron chi connectivity index (χ3n) is 4.48. The van der Waals surface area contributed by atoms with Crippen molar-refractivity contribution >= 4 is 22.8 Å². The van der Waals surface area contributed by atoms with Gasteiger partial charge >= 0.3 is 0 Å². The van der Waals surface area contributed by atoms with E-state index in [0.29, 0.717) is 30.6 Å². The smallest absolute Gasteiger partial charge is 0.226 e. The Morgan fingerprint density at radius 2 is 1.89 bits per heavy atom. The summed E-state index contributed by atoms with van der Waals surface area (Å²) in [5.74, 6) is 1.73. The Labute approximate surface area is 163 Å². The normalized spacial score (nSPS) is 10.9. The summed E-state index contributed by atoms with van der Waals surface area (Å²) in [5.41, 5.74) is 10.2. The lowest BCUT2D eigenvalue weighted by molar-refractivity contribution is 0.306. The highest BCUT2D eigenvalue weighted by Crippen LogP contribution is 2.19. The number of nitrogens with two attached hydrogens (primary N) is 1. The van der Waals surface area contributed by atoms with Crippen LogP contribution in [-0.4, -0.2) is 19.7 Å². The summed E-state index contributed by atoms with van der Waals surface area (Å²) >= 11 is 0. The van der Waals surface area contributed by atoms with Crippen molar-refractivity contribution in [2.24, 2.45) is 7.05 Å². The van der Waals surface area contributed by atoms with Crippen molar-refractivity contribution in [2.45, 2.75) is 20.1 Å². The second kappa shape index (κ2) is 7.56. The molecule has 2 aromatic heterocycles. The lowest BCUT2D eigenvalue weighted by atomic mass is 10.1. The Morgan fingerprint density at radius 1 is 1.07 bits per heavy atom. The molecule has 0 radical (unpaired) electrons. The van der Waals surface area contributed by atoms with Crippen LogP contribution in [0, 0.1) is 6.92 Å². The molecule has 0 saturated heterocycles. The van der Waals surface area contributed by atoms with Crippen LogP contribution in [0.2, 0.25) is 0 Å². The molecule has 7 nitrogen and oxygen atoms in total. The molecular weight excluding hydrogens is 352 g/mol. The molecule has 7 heteroatoms. The van der Waals surface area contributed by atoms with Crippen molar-refractivity contribution in [1.82, 2.24) is 19.7 Å². The number of nitrogens with one attached hydrogen (secondary N) is 1. The average molecular weight is 374 g/mol. The van der Waals surface area contributed by atoms with Crippen molar-refractivity contribution < 1.29 is 4.74 Å². The molecule has 0 atom stereocenters. The minimum atomic E-state index is 0.417. The predicted molar refractivity (Wildman–Crippen MR) is 110 cm³/mol. The number of anilines is 2. The molecular formula is C21H22N6O. The van der Waals surface area contributed by atoms with Gasteiger partial charge in [-0.2, -0.15) is 15.1 Å². The van der Waals surface area contributed by atoms with E-state index in [1.807, 2.05) is 37.4 Å². The Balaban J connectivity index is 1.37. The third kappa shape index (κ3) is 3.88. The van der Waals surface area contributed by atoms with Crippen LogP contribution in [0.5, 0.6) is 5.75 Å². The molecule has 0 spiro atoms. The number of aromatic nitrogens is 4. The van der Waals surface area contributed by atoms with Crippen LogP contribution < -0.4 is 15.8 Å². The van der Waals surface area contributed by atoms with Gasteiger partial charge in [0, 0.05) is 13.6 Å². The first-order valence-corrected chi connectivity index (χ1v) is 9.05. The van der Waals surface area contributed by atoms with E-state index in [4.69, 9.17) is 10.5 Å². The molecule has 0 aliphatic heterocycles. The molecule has 0 aliphatic carbocycles. The number of benzene rings is 2. The van der Waals surface area contributed by atoms with Crippen molar-refractivity contribution in [3.05, 3.63) is 71.4 Å². The largest absolute Gasteiger partial charge is 0.489 e. The molecule has 0 unspecified atom stereocenters. The molecule has 0 aliphatic rings. The van der Waals surface area contributed by atoms with Crippen LogP contribution in [0.3, 0.4) is 0 Å². The molecule has 0 saturated carbocycles. The van der Waals surface area contributed by atoms with Crippen LogP contribution in [0.15, 0.2) is 54.7 Å². The first kappa shape index (κ1) is 17.8. The van der Waals surface area contributed by atoms with Crippen LogP contribution in [0.4, 0.5) is 11.8 Å². The maximum absolute atomic E-state index is 5.99. The molecule has 0 bridgehead atoms. The minimum Gasteiger partial charge on any atom is -0.489 e. The van der Waals surface area contributed by atoms with Gasteiger partial charge in [0.15, 0.2) is 5.65 Å². The lowest BCUT2D eigenvalue weighted by Gasteiger charge is -2.09. The molecule has 0 amide bonds. The lowest BCUT2D eigenvalue weighted by Crippen LogP contribution is -2.06. The van der Waals surface area contributed by atoms with E-state index in [9.17, 15) is 0 Å². The first-order chi connectivity index (χ1) is 13.6. The summed E-state index contributed by atoms with van der Waals surface area (Å²) in [7, 11) is 1.83. The summed E-state index contributed by atoms with van der Waals surface area (Å²) < 4.78 is 7.54. The average Bonchev–Trinajstić information content (AvgIpc) is 3.07. The molecule has 0 fully saturated rings. The monoisotopic (exact) mass is 374 g/mol. The fraction of sp³-hybridized carbons (Fsp3) is 0.190. The van der Waals surface area contributed by atoms with Gasteiger partial charge in [0.2, 0.25) is 5.95 Å². The Morgan fingerprint density at radius 3 is 2.68 bits per heavy atom. The van der Waals surface area contributed by atoms with Crippen molar-refractivity contribution in [3.8, 4) is 5.75 Å². The van der Waals surface area contributed by atoms with Gasteiger partial charge in [-0.15, -0.1) is 0 Å². The molecule has 2 heterocycles. The van der Waals surface area contributed by atoms with Gasteiger partial charge in [0.1, 0.15) is 18.2 Å². The molecule has 2 aromatic carbocycles. The quantitative estimate of drug-likeness (QED) is 0.537. The van der Waals surface area contributed by atoms with E-state index in [-0.39, 0.29) is 0 Å². The van der Waals surface area contributed by atoms with Crippen molar-refractivity contribution in [1.29, 1.82) is 0 Å². The van der Waals surface area contributed by atoms with Crippen LogP contribution in [0.1, 0.15) is 16.7 Å². The zero-order chi connectivity index (χ0) is 19.5. The van der Waals surface area contributed by atoms with E-state index >= 15 is 0 Å². The van der Waals surface area contributed by atoms with Gasteiger partial charge in [-0.25, -0.2) is 0 Å². The van der Waals surface area contributed by atoms with Crippen LogP contribution in [0.25, 0.3) is 11.0 Å².